The first-order valence-electron chi connectivity index (χ1n) is 5.66. The van der Waals surface area contributed by atoms with Crippen LogP contribution in [0.15, 0.2) is 39.2 Å². The molecule has 3 nitrogen and oxygen atoms in total. The summed E-state index contributed by atoms with van der Waals surface area (Å²) < 4.78 is 6.19. The van der Waals surface area contributed by atoms with Gasteiger partial charge in [0.1, 0.15) is 11.5 Å². The van der Waals surface area contributed by atoms with Crippen molar-refractivity contribution in [2.24, 2.45) is 0 Å². The van der Waals surface area contributed by atoms with Gasteiger partial charge in [0, 0.05) is 4.47 Å². The molecule has 0 saturated carbocycles. The first-order valence-corrected chi connectivity index (χ1v) is 6.45. The summed E-state index contributed by atoms with van der Waals surface area (Å²) in [5, 5.41) is 2.83. The second-order valence-corrected chi connectivity index (χ2v) is 5.03. The molecule has 1 amide bonds. The number of hydrogen-bond acceptors (Lipinski definition) is 2. The largest absolute Gasteiger partial charge is 0.465 e. The molecule has 0 saturated heterocycles. The minimum Gasteiger partial charge on any atom is -0.465 e. The van der Waals surface area contributed by atoms with Crippen molar-refractivity contribution in [2.45, 2.75) is 20.4 Å². The Hall–Kier alpha value is -1.55. The highest BCUT2D eigenvalue weighted by molar-refractivity contribution is 9.10. The quantitative estimate of drug-likeness (QED) is 0.941. The first-order chi connectivity index (χ1) is 8.56. The summed E-state index contributed by atoms with van der Waals surface area (Å²) in [6.07, 6.45) is 0. The van der Waals surface area contributed by atoms with Gasteiger partial charge < -0.3 is 9.73 Å². The van der Waals surface area contributed by atoms with Gasteiger partial charge in [-0.2, -0.15) is 0 Å². The molecule has 0 spiro atoms. The van der Waals surface area contributed by atoms with Crippen LogP contribution in [0.3, 0.4) is 0 Å². The van der Waals surface area contributed by atoms with Gasteiger partial charge in [-0.3, -0.25) is 4.79 Å². The van der Waals surface area contributed by atoms with Crippen molar-refractivity contribution in [1.29, 1.82) is 0 Å². The highest BCUT2D eigenvalue weighted by Gasteiger charge is 2.10. The fraction of sp³-hybridized carbons (Fsp3) is 0.214. The van der Waals surface area contributed by atoms with Gasteiger partial charge in [0.05, 0.1) is 12.1 Å². The normalized spacial score (nSPS) is 10.4. The molecule has 1 aromatic carbocycles. The van der Waals surface area contributed by atoms with Crippen LogP contribution in [0, 0.1) is 13.8 Å². The molecule has 2 rings (SSSR count). The predicted octanol–water partition coefficient (Wildman–Crippen LogP) is 3.59. The number of amides is 1. The van der Waals surface area contributed by atoms with Crippen molar-refractivity contribution in [3.8, 4) is 0 Å². The van der Waals surface area contributed by atoms with Crippen LogP contribution in [-0.4, -0.2) is 5.91 Å². The number of halogens is 1. The number of carbonyl (C=O) groups excluding carboxylic acids is 1. The highest BCUT2D eigenvalue weighted by atomic mass is 79.9. The van der Waals surface area contributed by atoms with Crippen LogP contribution in [0.4, 0.5) is 0 Å². The van der Waals surface area contributed by atoms with E-state index in [0.717, 1.165) is 21.6 Å². The number of nitrogens with one attached hydrogen (secondary N) is 1. The Morgan fingerprint density at radius 3 is 2.67 bits per heavy atom. The van der Waals surface area contributed by atoms with Gasteiger partial charge in [-0.25, -0.2) is 0 Å². The van der Waals surface area contributed by atoms with Crippen LogP contribution in [0.5, 0.6) is 0 Å². The fourth-order valence-corrected chi connectivity index (χ4v) is 2.32. The second kappa shape index (κ2) is 5.40. The first kappa shape index (κ1) is 12.9. The monoisotopic (exact) mass is 307 g/mol. The molecule has 0 radical (unpaired) electrons. The Morgan fingerprint density at radius 1 is 1.28 bits per heavy atom. The maximum absolute atomic E-state index is 12.0. The zero-order valence-corrected chi connectivity index (χ0v) is 11.9. The Kier molecular flexibility index (Phi) is 3.87. The molecule has 18 heavy (non-hydrogen) atoms. The molecule has 4 heteroatoms. The van der Waals surface area contributed by atoms with Crippen LogP contribution in [0.2, 0.25) is 0 Å². The van der Waals surface area contributed by atoms with E-state index in [4.69, 9.17) is 4.42 Å². The van der Waals surface area contributed by atoms with Crippen molar-refractivity contribution >= 4 is 21.8 Å². The lowest BCUT2D eigenvalue weighted by Crippen LogP contribution is -2.22. The van der Waals surface area contributed by atoms with Crippen molar-refractivity contribution < 1.29 is 9.21 Å². The fourth-order valence-electron chi connectivity index (χ4n) is 1.65. The SMILES string of the molecule is Cc1ccc(C(=O)NCc2ccc(C)o2)c(Br)c1. The Bertz CT molecular complexity index is 575. The van der Waals surface area contributed by atoms with Gasteiger partial charge in [-0.05, 0) is 59.6 Å². The Balaban J connectivity index is 2.03. The third-order valence-electron chi connectivity index (χ3n) is 2.59. The number of carbonyl (C=O) groups is 1. The summed E-state index contributed by atoms with van der Waals surface area (Å²) >= 11 is 3.39. The van der Waals surface area contributed by atoms with Crippen molar-refractivity contribution in [1.82, 2.24) is 5.32 Å². The van der Waals surface area contributed by atoms with E-state index in [1.807, 2.05) is 44.2 Å². The average molecular weight is 308 g/mol. The average Bonchev–Trinajstić information content (AvgIpc) is 2.72. The van der Waals surface area contributed by atoms with E-state index >= 15 is 0 Å². The molecule has 0 fully saturated rings. The summed E-state index contributed by atoms with van der Waals surface area (Å²) in [5.74, 6) is 1.48. The molecule has 1 heterocycles. The third-order valence-corrected chi connectivity index (χ3v) is 3.24. The standard InChI is InChI=1S/C14H14BrNO2/c1-9-3-6-12(13(15)7-9)14(17)16-8-11-5-4-10(2)18-11/h3-7H,8H2,1-2H3,(H,16,17). The number of aryl methyl sites for hydroxylation is 2. The molecule has 94 valence electrons. The van der Waals surface area contributed by atoms with Gasteiger partial charge in [0.15, 0.2) is 0 Å². The molecule has 1 aromatic heterocycles. The molecule has 0 aliphatic carbocycles. The molecule has 0 aliphatic heterocycles. The van der Waals surface area contributed by atoms with Crippen molar-refractivity contribution in [3.05, 3.63) is 57.5 Å². The van der Waals surface area contributed by atoms with E-state index in [0.29, 0.717) is 12.1 Å². The van der Waals surface area contributed by atoms with Gasteiger partial charge in [-0.15, -0.1) is 0 Å². The Labute approximate surface area is 114 Å². The van der Waals surface area contributed by atoms with Gasteiger partial charge in [0.25, 0.3) is 5.91 Å². The number of hydrogen-bond donors (Lipinski definition) is 1. The summed E-state index contributed by atoms with van der Waals surface area (Å²) in [5.41, 5.74) is 1.74. The predicted molar refractivity (Wildman–Crippen MR) is 73.5 cm³/mol. The van der Waals surface area contributed by atoms with Crippen LogP contribution in [-0.2, 0) is 6.54 Å². The van der Waals surface area contributed by atoms with Gasteiger partial charge >= 0.3 is 0 Å². The lowest BCUT2D eigenvalue weighted by molar-refractivity contribution is 0.0947. The molecule has 0 bridgehead atoms. The lowest BCUT2D eigenvalue weighted by Gasteiger charge is -2.06. The lowest BCUT2D eigenvalue weighted by atomic mass is 10.1. The van der Waals surface area contributed by atoms with Crippen LogP contribution >= 0.6 is 15.9 Å². The third kappa shape index (κ3) is 3.01. The topological polar surface area (TPSA) is 42.2 Å². The molecule has 2 aromatic rings. The van der Waals surface area contributed by atoms with E-state index in [9.17, 15) is 4.79 Å². The van der Waals surface area contributed by atoms with E-state index in [-0.39, 0.29) is 5.91 Å². The molecular formula is C14H14BrNO2. The van der Waals surface area contributed by atoms with Crippen molar-refractivity contribution in [2.75, 3.05) is 0 Å². The van der Waals surface area contributed by atoms with E-state index < -0.39 is 0 Å². The minimum absolute atomic E-state index is 0.115. The Morgan fingerprint density at radius 2 is 2.06 bits per heavy atom. The summed E-state index contributed by atoms with van der Waals surface area (Å²) in [6.45, 7) is 4.26. The number of furan rings is 1. The summed E-state index contributed by atoms with van der Waals surface area (Å²) in [7, 11) is 0. The van der Waals surface area contributed by atoms with E-state index in [1.54, 1.807) is 0 Å². The van der Waals surface area contributed by atoms with Crippen LogP contribution in [0.25, 0.3) is 0 Å². The molecule has 1 N–H and O–H groups in total. The maximum atomic E-state index is 12.0. The van der Waals surface area contributed by atoms with Gasteiger partial charge in [-0.1, -0.05) is 6.07 Å². The van der Waals surface area contributed by atoms with Crippen molar-refractivity contribution in [3.63, 3.8) is 0 Å². The highest BCUT2D eigenvalue weighted by Crippen LogP contribution is 2.18. The molecule has 0 unspecified atom stereocenters. The second-order valence-electron chi connectivity index (χ2n) is 4.18. The van der Waals surface area contributed by atoms with Crippen LogP contribution in [0.1, 0.15) is 27.4 Å². The summed E-state index contributed by atoms with van der Waals surface area (Å²) in [4.78, 5) is 12.0. The smallest absolute Gasteiger partial charge is 0.252 e. The molecular weight excluding hydrogens is 294 g/mol. The minimum atomic E-state index is -0.115. The zero-order chi connectivity index (χ0) is 13.1. The van der Waals surface area contributed by atoms with Crippen LogP contribution < -0.4 is 5.32 Å². The molecule has 0 atom stereocenters. The zero-order valence-electron chi connectivity index (χ0n) is 10.3. The maximum Gasteiger partial charge on any atom is 0.252 e. The molecule has 0 aliphatic rings. The number of benzene rings is 1. The summed E-state index contributed by atoms with van der Waals surface area (Å²) in [6, 6.07) is 9.38. The van der Waals surface area contributed by atoms with Gasteiger partial charge in [0.2, 0.25) is 0 Å². The number of rotatable bonds is 3. The van der Waals surface area contributed by atoms with E-state index in [2.05, 4.69) is 21.2 Å². The van der Waals surface area contributed by atoms with E-state index in [1.165, 1.54) is 0 Å².